The number of rotatable bonds is 8. The van der Waals surface area contributed by atoms with Crippen LogP contribution >= 0.6 is 23.5 Å². The average Bonchev–Trinajstić information content (AvgIpc) is 2.95. The van der Waals surface area contributed by atoms with E-state index in [2.05, 4.69) is 12.2 Å². The second-order valence-corrected chi connectivity index (χ2v) is 7.67. The maximum Gasteiger partial charge on any atom is 0.325 e. The fourth-order valence-electron chi connectivity index (χ4n) is 2.39. The van der Waals surface area contributed by atoms with Crippen LogP contribution in [0.15, 0.2) is 29.2 Å². The molecule has 0 bridgehead atoms. The molecule has 1 saturated heterocycles. The number of carbonyl (C=O) groups is 3. The van der Waals surface area contributed by atoms with Crippen molar-refractivity contribution < 1.29 is 19.1 Å². The largest absolute Gasteiger partial charge is 0.465 e. The summed E-state index contributed by atoms with van der Waals surface area (Å²) in [6.45, 7) is 3.82. The van der Waals surface area contributed by atoms with Gasteiger partial charge in [-0.1, -0.05) is 19.1 Å². The summed E-state index contributed by atoms with van der Waals surface area (Å²) in [5, 5.41) is 2.31. The fourth-order valence-corrected chi connectivity index (χ4v) is 4.24. The molecular weight excluding hydrogens is 360 g/mol. The quantitative estimate of drug-likeness (QED) is 0.548. The Kier molecular flexibility index (Phi) is 7.64. The first-order valence-electron chi connectivity index (χ1n) is 8.11. The molecule has 1 aliphatic rings. The zero-order valence-electron chi connectivity index (χ0n) is 14.3. The first kappa shape index (κ1) is 19.7. The Labute approximate surface area is 156 Å². The molecule has 0 radical (unpaired) electrons. The van der Waals surface area contributed by atoms with E-state index in [-0.39, 0.29) is 36.9 Å². The van der Waals surface area contributed by atoms with Crippen molar-refractivity contribution in [3.05, 3.63) is 29.8 Å². The number of ether oxygens (including phenoxy) is 1. The Balaban J connectivity index is 1.96. The Bertz CT molecular complexity index is 622. The Hall–Kier alpha value is -1.67. The Morgan fingerprint density at radius 2 is 2.04 bits per heavy atom. The summed E-state index contributed by atoms with van der Waals surface area (Å²) in [5.41, 5.74) is 0.995. The van der Waals surface area contributed by atoms with Gasteiger partial charge in [0.15, 0.2) is 0 Å². The fraction of sp³-hybridized carbons (Fsp3) is 0.471. The monoisotopic (exact) mass is 382 g/mol. The Morgan fingerprint density at radius 3 is 2.68 bits per heavy atom. The maximum atomic E-state index is 12.1. The number of thioether (sulfide) groups is 2. The second kappa shape index (κ2) is 9.72. The SMILES string of the molecule is CCOC(=O)CNC(=O)CN1C(=O)CSC1c1ccc(SCC)cc1. The summed E-state index contributed by atoms with van der Waals surface area (Å²) in [6.07, 6.45) is 0. The molecule has 2 amide bonds. The number of benzene rings is 1. The van der Waals surface area contributed by atoms with Crippen LogP contribution in [-0.4, -0.2) is 53.9 Å². The summed E-state index contributed by atoms with van der Waals surface area (Å²) in [6, 6.07) is 8.06. The molecule has 0 aliphatic carbocycles. The third-order valence-electron chi connectivity index (χ3n) is 3.49. The van der Waals surface area contributed by atoms with E-state index in [9.17, 15) is 14.4 Å². The van der Waals surface area contributed by atoms with Crippen LogP contribution in [0, 0.1) is 0 Å². The van der Waals surface area contributed by atoms with Gasteiger partial charge in [-0.25, -0.2) is 0 Å². The lowest BCUT2D eigenvalue weighted by atomic mass is 10.2. The number of amides is 2. The van der Waals surface area contributed by atoms with Crippen molar-refractivity contribution in [3.63, 3.8) is 0 Å². The number of hydrogen-bond acceptors (Lipinski definition) is 6. The smallest absolute Gasteiger partial charge is 0.325 e. The number of nitrogens with zero attached hydrogens (tertiary/aromatic N) is 1. The highest BCUT2D eigenvalue weighted by Gasteiger charge is 2.34. The highest BCUT2D eigenvalue weighted by molar-refractivity contribution is 8.00. The van der Waals surface area contributed by atoms with Crippen molar-refractivity contribution >= 4 is 41.3 Å². The first-order valence-corrected chi connectivity index (χ1v) is 10.1. The van der Waals surface area contributed by atoms with Crippen LogP contribution in [0.5, 0.6) is 0 Å². The van der Waals surface area contributed by atoms with Gasteiger partial charge in [0, 0.05) is 4.90 Å². The molecular formula is C17H22N2O4S2. The number of esters is 1. The van der Waals surface area contributed by atoms with Crippen LogP contribution in [0.4, 0.5) is 0 Å². The standard InChI is InChI=1S/C17H22N2O4S2/c1-3-23-16(22)9-18-14(20)10-19-15(21)11-25-17(19)12-5-7-13(8-6-12)24-4-2/h5-8,17H,3-4,9-11H2,1-2H3,(H,18,20). The third kappa shape index (κ3) is 5.67. The summed E-state index contributed by atoms with van der Waals surface area (Å²) in [7, 11) is 0. The lowest BCUT2D eigenvalue weighted by molar-refractivity contribution is -0.143. The van der Waals surface area contributed by atoms with E-state index in [0.29, 0.717) is 5.75 Å². The predicted molar refractivity (Wildman–Crippen MR) is 99.4 cm³/mol. The number of hydrogen-bond donors (Lipinski definition) is 1. The molecule has 1 aromatic carbocycles. The Morgan fingerprint density at radius 1 is 1.32 bits per heavy atom. The third-order valence-corrected chi connectivity index (χ3v) is 5.64. The molecule has 136 valence electrons. The highest BCUT2D eigenvalue weighted by Crippen LogP contribution is 2.38. The van der Waals surface area contributed by atoms with Gasteiger partial charge in [-0.3, -0.25) is 14.4 Å². The van der Waals surface area contributed by atoms with Crippen molar-refractivity contribution in [1.82, 2.24) is 10.2 Å². The molecule has 25 heavy (non-hydrogen) atoms. The topological polar surface area (TPSA) is 75.7 Å². The predicted octanol–water partition coefficient (Wildman–Crippen LogP) is 2.05. The molecule has 1 N–H and O–H groups in total. The zero-order chi connectivity index (χ0) is 18.2. The maximum absolute atomic E-state index is 12.1. The summed E-state index contributed by atoms with van der Waals surface area (Å²) >= 11 is 3.26. The van der Waals surface area contributed by atoms with Gasteiger partial charge in [0.1, 0.15) is 18.5 Å². The van der Waals surface area contributed by atoms with Crippen molar-refractivity contribution in [1.29, 1.82) is 0 Å². The molecule has 1 aliphatic heterocycles. The molecule has 1 atom stereocenters. The molecule has 1 aromatic rings. The minimum atomic E-state index is -0.487. The minimum absolute atomic E-state index is 0.0681. The van der Waals surface area contributed by atoms with Crippen LogP contribution < -0.4 is 5.32 Å². The van der Waals surface area contributed by atoms with E-state index < -0.39 is 5.97 Å². The highest BCUT2D eigenvalue weighted by atomic mass is 32.2. The van der Waals surface area contributed by atoms with Gasteiger partial charge in [0.05, 0.1) is 12.4 Å². The van der Waals surface area contributed by atoms with Crippen LogP contribution in [0.1, 0.15) is 24.8 Å². The minimum Gasteiger partial charge on any atom is -0.465 e. The van der Waals surface area contributed by atoms with E-state index >= 15 is 0 Å². The molecule has 1 unspecified atom stereocenters. The van der Waals surface area contributed by atoms with E-state index in [4.69, 9.17) is 4.74 Å². The van der Waals surface area contributed by atoms with Gasteiger partial charge in [-0.15, -0.1) is 23.5 Å². The van der Waals surface area contributed by atoms with Crippen molar-refractivity contribution in [2.75, 3.05) is 31.2 Å². The van der Waals surface area contributed by atoms with Crippen molar-refractivity contribution in [2.45, 2.75) is 24.1 Å². The van der Waals surface area contributed by atoms with Gasteiger partial charge in [0.25, 0.3) is 0 Å². The molecule has 6 nitrogen and oxygen atoms in total. The first-order chi connectivity index (χ1) is 12.0. The van der Waals surface area contributed by atoms with E-state index in [1.54, 1.807) is 23.6 Å². The molecule has 0 spiro atoms. The number of carbonyl (C=O) groups excluding carboxylic acids is 3. The normalized spacial score (nSPS) is 16.8. The van der Waals surface area contributed by atoms with Crippen molar-refractivity contribution in [2.24, 2.45) is 0 Å². The van der Waals surface area contributed by atoms with E-state index in [1.165, 1.54) is 16.7 Å². The number of nitrogens with one attached hydrogen (secondary N) is 1. The lowest BCUT2D eigenvalue weighted by Gasteiger charge is -2.23. The van der Waals surface area contributed by atoms with Crippen LogP contribution in [0.25, 0.3) is 0 Å². The van der Waals surface area contributed by atoms with Crippen LogP contribution in [0.3, 0.4) is 0 Å². The lowest BCUT2D eigenvalue weighted by Crippen LogP contribution is -2.41. The van der Waals surface area contributed by atoms with Crippen LogP contribution in [-0.2, 0) is 19.1 Å². The van der Waals surface area contributed by atoms with Gasteiger partial charge >= 0.3 is 5.97 Å². The second-order valence-electron chi connectivity index (χ2n) is 5.27. The summed E-state index contributed by atoms with van der Waals surface area (Å²) in [5.74, 6) is 0.420. The molecule has 2 rings (SSSR count). The zero-order valence-corrected chi connectivity index (χ0v) is 16.0. The summed E-state index contributed by atoms with van der Waals surface area (Å²) < 4.78 is 4.76. The van der Waals surface area contributed by atoms with Crippen LogP contribution in [0.2, 0.25) is 0 Å². The molecule has 0 saturated carbocycles. The van der Waals surface area contributed by atoms with Gasteiger partial charge < -0.3 is 15.0 Å². The summed E-state index contributed by atoms with van der Waals surface area (Å²) in [4.78, 5) is 38.2. The molecule has 1 heterocycles. The van der Waals surface area contributed by atoms with E-state index in [0.717, 1.165) is 11.3 Å². The average molecular weight is 383 g/mol. The molecule has 8 heteroatoms. The van der Waals surface area contributed by atoms with Crippen molar-refractivity contribution in [3.8, 4) is 0 Å². The van der Waals surface area contributed by atoms with E-state index in [1.807, 2.05) is 24.3 Å². The van der Waals surface area contributed by atoms with Gasteiger partial charge in [-0.2, -0.15) is 0 Å². The van der Waals surface area contributed by atoms with Gasteiger partial charge in [-0.05, 0) is 30.4 Å². The van der Waals surface area contributed by atoms with Gasteiger partial charge in [0.2, 0.25) is 11.8 Å². The molecule has 0 aromatic heterocycles. The molecule has 1 fully saturated rings.